The third-order valence-corrected chi connectivity index (χ3v) is 2.56. The second-order valence-corrected chi connectivity index (χ2v) is 4.47. The van der Waals surface area contributed by atoms with Crippen molar-refractivity contribution in [2.45, 2.75) is 13.8 Å². The maximum absolute atomic E-state index is 11.7. The number of benzene rings is 1. The number of carbonyl (C=O) groups excluding carboxylic acids is 2. The highest BCUT2D eigenvalue weighted by Gasteiger charge is 2.24. The number of hydrogen-bond acceptors (Lipinski definition) is 4. The summed E-state index contributed by atoms with van der Waals surface area (Å²) in [5, 5.41) is 9.42. The van der Waals surface area contributed by atoms with Crippen LogP contribution in [0.4, 0.5) is 0 Å². The molecule has 0 fully saturated rings. The summed E-state index contributed by atoms with van der Waals surface area (Å²) in [4.78, 5) is 22.4. The Morgan fingerprint density at radius 3 is 2.61 bits per heavy atom. The molecule has 0 aliphatic carbocycles. The maximum Gasteiger partial charge on any atom is 0.168 e. The lowest BCUT2D eigenvalue weighted by molar-refractivity contribution is -0.128. The highest BCUT2D eigenvalue weighted by atomic mass is 16.5. The molecule has 96 valence electrons. The van der Waals surface area contributed by atoms with Crippen LogP contribution >= 0.6 is 0 Å². The molecule has 1 rings (SSSR count). The van der Waals surface area contributed by atoms with Crippen molar-refractivity contribution in [2.75, 3.05) is 7.11 Å². The summed E-state index contributed by atoms with van der Waals surface area (Å²) >= 11 is 0. The number of hydrogen-bond donors (Lipinski definition) is 1. The summed E-state index contributed by atoms with van der Waals surface area (Å²) in [6.07, 6.45) is 3.55. The van der Waals surface area contributed by atoms with Crippen LogP contribution in [0.1, 0.15) is 19.4 Å². The van der Waals surface area contributed by atoms with Crippen molar-refractivity contribution in [1.29, 1.82) is 0 Å². The zero-order chi connectivity index (χ0) is 13.8. The first-order valence-corrected chi connectivity index (χ1v) is 5.46. The number of rotatable bonds is 5. The molecule has 1 aromatic carbocycles. The number of allylic oxidation sites excluding steroid dienone is 1. The Bertz CT molecular complexity index is 487. The molecule has 0 radical (unpaired) electrons. The van der Waals surface area contributed by atoms with Crippen LogP contribution in [0.25, 0.3) is 6.08 Å². The van der Waals surface area contributed by atoms with Gasteiger partial charge in [-0.3, -0.25) is 4.79 Å². The van der Waals surface area contributed by atoms with Gasteiger partial charge in [0.2, 0.25) is 0 Å². The molecule has 0 atom stereocenters. The van der Waals surface area contributed by atoms with E-state index in [1.165, 1.54) is 19.3 Å². The van der Waals surface area contributed by atoms with Gasteiger partial charge in [0.25, 0.3) is 0 Å². The molecule has 0 aliphatic rings. The third kappa shape index (κ3) is 3.20. The van der Waals surface area contributed by atoms with Crippen molar-refractivity contribution < 1.29 is 19.4 Å². The Kier molecular flexibility index (Phi) is 4.26. The fourth-order valence-corrected chi connectivity index (χ4v) is 1.24. The first-order chi connectivity index (χ1) is 8.40. The van der Waals surface area contributed by atoms with Crippen LogP contribution in [0.15, 0.2) is 24.3 Å². The topological polar surface area (TPSA) is 63.6 Å². The lowest BCUT2D eigenvalue weighted by atomic mass is 9.89. The average molecular weight is 248 g/mol. The van der Waals surface area contributed by atoms with E-state index in [-0.39, 0.29) is 11.5 Å². The molecule has 0 unspecified atom stereocenters. The summed E-state index contributed by atoms with van der Waals surface area (Å²) in [5.74, 6) is 0.0954. The smallest absolute Gasteiger partial charge is 0.168 e. The second-order valence-electron chi connectivity index (χ2n) is 4.47. The molecule has 4 heteroatoms. The van der Waals surface area contributed by atoms with E-state index in [2.05, 4.69) is 0 Å². The van der Waals surface area contributed by atoms with Gasteiger partial charge < -0.3 is 14.6 Å². The standard InChI is InChI=1S/C14H16O4/c1-14(2,9-15)13(17)7-5-10-4-6-11(16)12(8-10)18-3/h4-9,16H,1-3H3. The zero-order valence-electron chi connectivity index (χ0n) is 10.6. The molecule has 0 spiro atoms. The number of aromatic hydroxyl groups is 1. The van der Waals surface area contributed by atoms with Gasteiger partial charge in [0.05, 0.1) is 12.5 Å². The van der Waals surface area contributed by atoms with Crippen molar-refractivity contribution in [2.24, 2.45) is 5.41 Å². The Balaban J connectivity index is 2.91. The lowest BCUT2D eigenvalue weighted by Gasteiger charge is -2.11. The predicted molar refractivity (Wildman–Crippen MR) is 68.5 cm³/mol. The minimum Gasteiger partial charge on any atom is -0.504 e. The first kappa shape index (κ1) is 14.0. The fraction of sp³-hybridized carbons (Fsp3) is 0.286. The lowest BCUT2D eigenvalue weighted by Crippen LogP contribution is -2.23. The van der Waals surface area contributed by atoms with Gasteiger partial charge in [0.1, 0.15) is 6.29 Å². The molecule has 0 bridgehead atoms. The van der Waals surface area contributed by atoms with Gasteiger partial charge in [0, 0.05) is 0 Å². The van der Waals surface area contributed by atoms with Gasteiger partial charge in [-0.1, -0.05) is 12.1 Å². The van der Waals surface area contributed by atoms with E-state index in [0.29, 0.717) is 17.6 Å². The number of methoxy groups -OCH3 is 1. The van der Waals surface area contributed by atoms with Crippen molar-refractivity contribution in [3.8, 4) is 11.5 Å². The molecular formula is C14H16O4. The number of ether oxygens (including phenoxy) is 1. The summed E-state index contributed by atoms with van der Waals surface area (Å²) in [7, 11) is 1.45. The third-order valence-electron chi connectivity index (χ3n) is 2.56. The Morgan fingerprint density at radius 1 is 1.39 bits per heavy atom. The number of ketones is 1. The number of phenols is 1. The molecule has 1 N–H and O–H groups in total. The van der Waals surface area contributed by atoms with Crippen molar-refractivity contribution in [1.82, 2.24) is 0 Å². The first-order valence-electron chi connectivity index (χ1n) is 5.46. The van der Waals surface area contributed by atoms with Crippen LogP contribution in [0.5, 0.6) is 11.5 Å². The molecule has 0 saturated heterocycles. The van der Waals surface area contributed by atoms with Gasteiger partial charge >= 0.3 is 0 Å². The van der Waals surface area contributed by atoms with Crippen LogP contribution in [-0.4, -0.2) is 24.3 Å². The van der Waals surface area contributed by atoms with Gasteiger partial charge in [-0.25, -0.2) is 0 Å². The van der Waals surface area contributed by atoms with E-state index < -0.39 is 5.41 Å². The summed E-state index contributed by atoms with van der Waals surface area (Å²) in [6, 6.07) is 4.73. The van der Waals surface area contributed by atoms with E-state index in [1.807, 2.05) is 0 Å². The molecule has 0 aromatic heterocycles. The minimum absolute atomic E-state index is 0.0363. The molecule has 1 aromatic rings. The zero-order valence-corrected chi connectivity index (χ0v) is 10.6. The van der Waals surface area contributed by atoms with E-state index in [1.54, 1.807) is 32.1 Å². The van der Waals surface area contributed by atoms with Crippen LogP contribution < -0.4 is 4.74 Å². The van der Waals surface area contributed by atoms with Crippen LogP contribution in [0.2, 0.25) is 0 Å². The average Bonchev–Trinajstić information content (AvgIpc) is 2.37. The predicted octanol–water partition coefficient (Wildman–Crippen LogP) is 2.21. The SMILES string of the molecule is COc1cc(C=CC(=O)C(C)(C)C=O)ccc1O. The highest BCUT2D eigenvalue weighted by molar-refractivity contribution is 6.06. The molecule has 0 saturated carbocycles. The monoisotopic (exact) mass is 248 g/mol. The highest BCUT2D eigenvalue weighted by Crippen LogP contribution is 2.27. The van der Waals surface area contributed by atoms with Gasteiger partial charge in [-0.05, 0) is 37.6 Å². The molecule has 18 heavy (non-hydrogen) atoms. The van der Waals surface area contributed by atoms with Gasteiger partial charge in [0.15, 0.2) is 17.3 Å². The Hall–Kier alpha value is -2.10. The van der Waals surface area contributed by atoms with E-state index >= 15 is 0 Å². The molecule has 0 amide bonds. The van der Waals surface area contributed by atoms with Crippen molar-refractivity contribution in [3.05, 3.63) is 29.8 Å². The number of phenolic OH excluding ortho intramolecular Hbond substituents is 1. The quantitative estimate of drug-likeness (QED) is 0.493. The van der Waals surface area contributed by atoms with Gasteiger partial charge in [-0.2, -0.15) is 0 Å². The van der Waals surface area contributed by atoms with E-state index in [4.69, 9.17) is 4.74 Å². The second kappa shape index (κ2) is 5.49. The van der Waals surface area contributed by atoms with Crippen LogP contribution in [0.3, 0.4) is 0 Å². The number of aldehydes is 1. The van der Waals surface area contributed by atoms with E-state index in [0.717, 1.165) is 0 Å². The largest absolute Gasteiger partial charge is 0.504 e. The van der Waals surface area contributed by atoms with Crippen LogP contribution in [0, 0.1) is 5.41 Å². The van der Waals surface area contributed by atoms with Crippen LogP contribution in [-0.2, 0) is 9.59 Å². The Morgan fingerprint density at radius 2 is 2.06 bits per heavy atom. The maximum atomic E-state index is 11.7. The Labute approximate surface area is 106 Å². The fourth-order valence-electron chi connectivity index (χ4n) is 1.24. The number of carbonyl (C=O) groups is 2. The normalized spacial score (nSPS) is 11.5. The van der Waals surface area contributed by atoms with Gasteiger partial charge in [-0.15, -0.1) is 0 Å². The molecule has 0 aliphatic heterocycles. The van der Waals surface area contributed by atoms with E-state index in [9.17, 15) is 14.7 Å². The van der Waals surface area contributed by atoms with Crippen molar-refractivity contribution >= 4 is 18.1 Å². The molecular weight excluding hydrogens is 232 g/mol. The summed E-state index contributed by atoms with van der Waals surface area (Å²) < 4.78 is 4.96. The minimum atomic E-state index is -1.02. The molecule has 0 heterocycles. The van der Waals surface area contributed by atoms with Crippen molar-refractivity contribution in [3.63, 3.8) is 0 Å². The summed E-state index contributed by atoms with van der Waals surface area (Å²) in [6.45, 7) is 3.12. The molecule has 4 nitrogen and oxygen atoms in total. The summed E-state index contributed by atoms with van der Waals surface area (Å²) in [5.41, 5.74) is -0.308.